The summed E-state index contributed by atoms with van der Waals surface area (Å²) in [5.41, 5.74) is 1.87. The van der Waals surface area contributed by atoms with Crippen molar-refractivity contribution in [1.29, 1.82) is 0 Å². The molecular weight excluding hydrogens is 230 g/mol. The highest BCUT2D eigenvalue weighted by Crippen LogP contribution is 2.29. The minimum atomic E-state index is 0.411. The predicted molar refractivity (Wildman–Crippen MR) is 85.5 cm³/mol. The average molecular weight is 261 g/mol. The molecule has 0 saturated heterocycles. The quantitative estimate of drug-likeness (QED) is 0.752. The van der Waals surface area contributed by atoms with E-state index in [0.717, 1.165) is 5.92 Å². The lowest BCUT2D eigenvalue weighted by Gasteiger charge is -2.30. The standard InChI is InChI=1S/C18H31N/c1-15(18(2,3)4)14-17(19-5)13-9-12-16-10-7-6-8-11-16/h6-8,10-11,15,17,19H,9,12-14H2,1-5H3. The molecule has 1 heteroatoms. The molecule has 1 nitrogen and oxygen atoms in total. The smallest absolute Gasteiger partial charge is 0.00669 e. The molecule has 2 unspecified atom stereocenters. The van der Waals surface area contributed by atoms with Crippen LogP contribution in [0.5, 0.6) is 0 Å². The van der Waals surface area contributed by atoms with Crippen LogP contribution in [0.2, 0.25) is 0 Å². The van der Waals surface area contributed by atoms with Crippen LogP contribution in [0.15, 0.2) is 30.3 Å². The van der Waals surface area contributed by atoms with Gasteiger partial charge < -0.3 is 5.32 Å². The van der Waals surface area contributed by atoms with E-state index in [9.17, 15) is 0 Å². The molecule has 19 heavy (non-hydrogen) atoms. The highest BCUT2D eigenvalue weighted by molar-refractivity contribution is 5.14. The summed E-state index contributed by atoms with van der Waals surface area (Å²) in [6, 6.07) is 11.5. The van der Waals surface area contributed by atoms with Crippen molar-refractivity contribution in [3.8, 4) is 0 Å². The van der Waals surface area contributed by atoms with Crippen molar-refractivity contribution in [3.63, 3.8) is 0 Å². The van der Waals surface area contributed by atoms with Crippen LogP contribution in [-0.4, -0.2) is 13.1 Å². The second-order valence-electron chi connectivity index (χ2n) is 6.87. The van der Waals surface area contributed by atoms with Gasteiger partial charge in [0.25, 0.3) is 0 Å². The Morgan fingerprint density at radius 1 is 1.11 bits per heavy atom. The van der Waals surface area contributed by atoms with E-state index in [0.29, 0.717) is 11.5 Å². The third-order valence-electron chi connectivity index (χ3n) is 4.39. The van der Waals surface area contributed by atoms with Crippen LogP contribution in [0.1, 0.15) is 52.5 Å². The minimum absolute atomic E-state index is 0.411. The molecule has 108 valence electrons. The Hall–Kier alpha value is -0.820. The minimum Gasteiger partial charge on any atom is -0.317 e. The molecule has 0 fully saturated rings. The maximum Gasteiger partial charge on any atom is 0.00669 e. The second-order valence-corrected chi connectivity index (χ2v) is 6.87. The average Bonchev–Trinajstić information content (AvgIpc) is 2.37. The van der Waals surface area contributed by atoms with Gasteiger partial charge in [0.05, 0.1) is 0 Å². The van der Waals surface area contributed by atoms with Gasteiger partial charge in [0.1, 0.15) is 0 Å². The largest absolute Gasteiger partial charge is 0.317 e. The number of aryl methyl sites for hydroxylation is 1. The number of rotatable bonds is 7. The molecule has 0 radical (unpaired) electrons. The van der Waals surface area contributed by atoms with Crippen molar-refractivity contribution in [2.24, 2.45) is 11.3 Å². The van der Waals surface area contributed by atoms with Crippen LogP contribution in [0.25, 0.3) is 0 Å². The molecule has 0 spiro atoms. The van der Waals surface area contributed by atoms with Crippen molar-refractivity contribution < 1.29 is 0 Å². The molecule has 0 heterocycles. The van der Waals surface area contributed by atoms with Crippen molar-refractivity contribution >= 4 is 0 Å². The monoisotopic (exact) mass is 261 g/mol. The van der Waals surface area contributed by atoms with E-state index >= 15 is 0 Å². The summed E-state index contributed by atoms with van der Waals surface area (Å²) in [4.78, 5) is 0. The Balaban J connectivity index is 2.33. The fourth-order valence-electron chi connectivity index (χ4n) is 2.36. The number of hydrogen-bond donors (Lipinski definition) is 1. The molecule has 0 aliphatic rings. The van der Waals surface area contributed by atoms with E-state index in [4.69, 9.17) is 0 Å². The maximum atomic E-state index is 3.49. The molecule has 0 aromatic heterocycles. The van der Waals surface area contributed by atoms with Gasteiger partial charge in [-0.1, -0.05) is 58.0 Å². The molecule has 1 aromatic rings. The summed E-state index contributed by atoms with van der Waals surface area (Å²) in [6.45, 7) is 9.40. The van der Waals surface area contributed by atoms with Gasteiger partial charge in [0.15, 0.2) is 0 Å². The van der Waals surface area contributed by atoms with Crippen molar-refractivity contribution in [1.82, 2.24) is 5.32 Å². The summed E-state index contributed by atoms with van der Waals surface area (Å²) in [6.07, 6.45) is 5.01. The molecule has 0 saturated carbocycles. The molecule has 0 aliphatic carbocycles. The van der Waals surface area contributed by atoms with Crippen molar-refractivity contribution in [3.05, 3.63) is 35.9 Å². The fourth-order valence-corrected chi connectivity index (χ4v) is 2.36. The highest BCUT2D eigenvalue weighted by atomic mass is 14.9. The van der Waals surface area contributed by atoms with Gasteiger partial charge in [0.2, 0.25) is 0 Å². The predicted octanol–water partition coefficient (Wildman–Crippen LogP) is 4.67. The van der Waals surface area contributed by atoms with Crippen LogP contribution in [0.4, 0.5) is 0 Å². The number of hydrogen-bond acceptors (Lipinski definition) is 1. The van der Waals surface area contributed by atoms with Gasteiger partial charge in [-0.25, -0.2) is 0 Å². The lowest BCUT2D eigenvalue weighted by atomic mass is 9.78. The van der Waals surface area contributed by atoms with Crippen LogP contribution in [0, 0.1) is 11.3 Å². The van der Waals surface area contributed by atoms with Gasteiger partial charge in [-0.3, -0.25) is 0 Å². The molecule has 1 rings (SSSR count). The van der Waals surface area contributed by atoms with Crippen LogP contribution < -0.4 is 5.32 Å². The summed E-state index contributed by atoms with van der Waals surface area (Å²) in [5.74, 6) is 0.752. The van der Waals surface area contributed by atoms with E-state index < -0.39 is 0 Å². The lowest BCUT2D eigenvalue weighted by Crippen LogP contribution is -2.31. The van der Waals surface area contributed by atoms with E-state index in [2.05, 4.69) is 70.4 Å². The number of nitrogens with one attached hydrogen (secondary N) is 1. The Kier molecular flexibility index (Phi) is 6.57. The molecule has 0 aliphatic heterocycles. The first-order chi connectivity index (χ1) is 8.93. The normalized spacial score (nSPS) is 15.2. The lowest BCUT2D eigenvalue weighted by molar-refractivity contribution is 0.221. The third-order valence-corrected chi connectivity index (χ3v) is 4.39. The van der Waals surface area contributed by atoms with Crippen LogP contribution >= 0.6 is 0 Å². The molecule has 0 amide bonds. The summed E-state index contributed by atoms with van der Waals surface area (Å²) < 4.78 is 0. The fraction of sp³-hybridized carbons (Fsp3) is 0.667. The van der Waals surface area contributed by atoms with Crippen molar-refractivity contribution in [2.75, 3.05) is 7.05 Å². The van der Waals surface area contributed by atoms with E-state index in [-0.39, 0.29) is 0 Å². The van der Waals surface area contributed by atoms with E-state index in [1.54, 1.807) is 0 Å². The zero-order valence-electron chi connectivity index (χ0n) is 13.4. The Bertz CT molecular complexity index is 336. The summed E-state index contributed by atoms with van der Waals surface area (Å²) in [5, 5.41) is 3.49. The van der Waals surface area contributed by atoms with Crippen molar-refractivity contribution in [2.45, 2.75) is 59.4 Å². The van der Waals surface area contributed by atoms with Gasteiger partial charge in [-0.2, -0.15) is 0 Å². The molecule has 2 atom stereocenters. The number of benzene rings is 1. The first-order valence-electron chi connectivity index (χ1n) is 7.64. The SMILES string of the molecule is CNC(CCCc1ccccc1)CC(C)C(C)(C)C. The van der Waals surface area contributed by atoms with Crippen LogP contribution in [-0.2, 0) is 6.42 Å². The topological polar surface area (TPSA) is 12.0 Å². The Labute approximate surface area is 119 Å². The zero-order valence-corrected chi connectivity index (χ0v) is 13.4. The third kappa shape index (κ3) is 6.24. The van der Waals surface area contributed by atoms with E-state index in [1.807, 2.05) is 0 Å². The summed E-state index contributed by atoms with van der Waals surface area (Å²) in [7, 11) is 2.10. The zero-order chi connectivity index (χ0) is 14.3. The summed E-state index contributed by atoms with van der Waals surface area (Å²) >= 11 is 0. The molecule has 1 N–H and O–H groups in total. The molecular formula is C18H31N. The van der Waals surface area contributed by atoms with Gasteiger partial charge in [-0.05, 0) is 49.6 Å². The highest BCUT2D eigenvalue weighted by Gasteiger charge is 2.22. The van der Waals surface area contributed by atoms with Gasteiger partial charge in [-0.15, -0.1) is 0 Å². The van der Waals surface area contributed by atoms with E-state index in [1.165, 1.54) is 31.2 Å². The maximum absolute atomic E-state index is 3.49. The Morgan fingerprint density at radius 3 is 2.26 bits per heavy atom. The first-order valence-corrected chi connectivity index (χ1v) is 7.64. The molecule has 1 aromatic carbocycles. The van der Waals surface area contributed by atoms with Gasteiger partial charge in [0, 0.05) is 6.04 Å². The van der Waals surface area contributed by atoms with Crippen LogP contribution in [0.3, 0.4) is 0 Å². The second kappa shape index (κ2) is 7.69. The van der Waals surface area contributed by atoms with Gasteiger partial charge >= 0.3 is 0 Å². The first kappa shape index (κ1) is 16.2. The molecule has 0 bridgehead atoms. The Morgan fingerprint density at radius 2 is 1.74 bits per heavy atom.